The fourth-order valence-electron chi connectivity index (χ4n) is 3.64. The number of carbonyl (C=O) groups is 2. The lowest BCUT2D eigenvalue weighted by atomic mass is 9.82. The summed E-state index contributed by atoms with van der Waals surface area (Å²) in [6, 6.07) is 17.5. The molecule has 0 radical (unpaired) electrons. The van der Waals surface area contributed by atoms with E-state index in [1.165, 1.54) is 17.8 Å². The van der Waals surface area contributed by atoms with E-state index in [0.717, 1.165) is 22.4 Å². The highest BCUT2D eigenvalue weighted by molar-refractivity contribution is 8.03. The average Bonchev–Trinajstić information content (AvgIpc) is 2.82. The number of carbonyl (C=O) groups excluding carboxylic acids is 2. The molecule has 7 heteroatoms. The maximum Gasteiger partial charge on any atom is 0.337 e. The molecule has 0 bridgehead atoms. The van der Waals surface area contributed by atoms with Crippen molar-refractivity contribution in [3.05, 3.63) is 99.7 Å². The lowest BCUT2D eigenvalue weighted by Gasteiger charge is -2.29. The van der Waals surface area contributed by atoms with Crippen LogP contribution < -0.4 is 10.6 Å². The molecule has 6 nitrogen and oxygen atoms in total. The highest BCUT2D eigenvalue weighted by Gasteiger charge is 2.35. The van der Waals surface area contributed by atoms with E-state index >= 15 is 0 Å². The van der Waals surface area contributed by atoms with Gasteiger partial charge in [0.05, 0.1) is 33.9 Å². The number of amides is 1. The number of anilines is 1. The van der Waals surface area contributed by atoms with Gasteiger partial charge in [-0.15, -0.1) is 0 Å². The van der Waals surface area contributed by atoms with Crippen molar-refractivity contribution >= 4 is 29.3 Å². The summed E-state index contributed by atoms with van der Waals surface area (Å²) in [4.78, 5) is 25.5. The van der Waals surface area contributed by atoms with E-state index in [1.54, 1.807) is 6.92 Å². The summed E-state index contributed by atoms with van der Waals surface area (Å²) in [5.74, 6) is -1.20. The molecule has 0 fully saturated rings. The Kier molecular flexibility index (Phi) is 8.34. The topological polar surface area (TPSA) is 91.2 Å². The van der Waals surface area contributed by atoms with Crippen LogP contribution in [0.1, 0.15) is 29.5 Å². The largest absolute Gasteiger partial charge is 0.458 e. The zero-order valence-corrected chi connectivity index (χ0v) is 20.3. The summed E-state index contributed by atoms with van der Waals surface area (Å²) in [7, 11) is 0. The minimum atomic E-state index is -0.605. The maximum atomic E-state index is 12.9. The molecule has 2 aromatic rings. The molecule has 1 aliphatic rings. The SMILES string of the molecule is C=CCOC(=O)C1=C(C)NC(SCC(=O)Nc2ccccc2C)=C(C#N)C1c1ccc(C)cc1. The van der Waals surface area contributed by atoms with E-state index in [0.29, 0.717) is 21.9 Å². The molecular weight excluding hydrogens is 446 g/mol. The Morgan fingerprint density at radius 2 is 1.88 bits per heavy atom. The van der Waals surface area contributed by atoms with Crippen LogP contribution in [-0.2, 0) is 14.3 Å². The van der Waals surface area contributed by atoms with E-state index in [9.17, 15) is 14.9 Å². The Hall–Kier alpha value is -3.76. The van der Waals surface area contributed by atoms with Crippen molar-refractivity contribution in [2.45, 2.75) is 26.7 Å². The highest BCUT2D eigenvalue weighted by atomic mass is 32.2. The summed E-state index contributed by atoms with van der Waals surface area (Å²) < 4.78 is 5.32. The van der Waals surface area contributed by atoms with E-state index in [1.807, 2.05) is 62.4 Å². The van der Waals surface area contributed by atoms with Gasteiger partial charge in [0.15, 0.2) is 0 Å². The molecule has 34 heavy (non-hydrogen) atoms. The van der Waals surface area contributed by atoms with Crippen molar-refractivity contribution in [3.63, 3.8) is 0 Å². The first-order valence-electron chi connectivity index (χ1n) is 10.8. The van der Waals surface area contributed by atoms with Gasteiger partial charge in [-0.25, -0.2) is 4.79 Å². The summed E-state index contributed by atoms with van der Waals surface area (Å²) in [6.07, 6.45) is 1.50. The third-order valence-corrected chi connectivity index (χ3v) is 6.39. The molecule has 0 saturated heterocycles. The number of nitriles is 1. The second kappa shape index (κ2) is 11.4. The molecule has 0 aromatic heterocycles. The Morgan fingerprint density at radius 3 is 2.53 bits per heavy atom. The molecule has 2 aromatic carbocycles. The number of aryl methyl sites for hydroxylation is 2. The number of dihydropyridines is 1. The van der Waals surface area contributed by atoms with Crippen molar-refractivity contribution in [2.75, 3.05) is 17.7 Å². The van der Waals surface area contributed by atoms with Gasteiger partial charge >= 0.3 is 5.97 Å². The van der Waals surface area contributed by atoms with Crippen molar-refractivity contribution in [1.82, 2.24) is 5.32 Å². The van der Waals surface area contributed by atoms with E-state index in [2.05, 4.69) is 23.3 Å². The lowest BCUT2D eigenvalue weighted by molar-refractivity contribution is -0.138. The lowest BCUT2D eigenvalue weighted by Crippen LogP contribution is -2.29. The molecule has 0 spiro atoms. The number of nitrogens with zero attached hydrogens (tertiary/aromatic N) is 1. The van der Waals surface area contributed by atoms with Crippen LogP contribution in [0.25, 0.3) is 0 Å². The van der Waals surface area contributed by atoms with Gasteiger partial charge in [-0.1, -0.05) is 72.4 Å². The number of benzene rings is 2. The highest BCUT2D eigenvalue weighted by Crippen LogP contribution is 2.41. The van der Waals surface area contributed by atoms with Gasteiger partial charge in [0.2, 0.25) is 5.91 Å². The summed E-state index contributed by atoms with van der Waals surface area (Å²) in [6.45, 7) is 9.33. The summed E-state index contributed by atoms with van der Waals surface area (Å²) in [5.41, 5.74) is 4.91. The molecule has 1 amide bonds. The molecule has 1 atom stereocenters. The average molecular weight is 474 g/mol. The molecule has 0 aliphatic carbocycles. The molecule has 1 aliphatic heterocycles. The number of ether oxygens (including phenoxy) is 1. The number of hydrogen-bond donors (Lipinski definition) is 2. The fourth-order valence-corrected chi connectivity index (χ4v) is 4.53. The smallest absolute Gasteiger partial charge is 0.337 e. The molecule has 3 rings (SSSR count). The zero-order chi connectivity index (χ0) is 24.7. The van der Waals surface area contributed by atoms with Gasteiger partial charge in [0.1, 0.15) is 6.61 Å². The van der Waals surface area contributed by atoms with Crippen LogP contribution in [0, 0.1) is 25.2 Å². The Morgan fingerprint density at radius 1 is 1.18 bits per heavy atom. The summed E-state index contributed by atoms with van der Waals surface area (Å²) in [5, 5.41) is 16.7. The first kappa shape index (κ1) is 24.9. The molecule has 1 heterocycles. The number of allylic oxidation sites excluding steroid dienone is 2. The van der Waals surface area contributed by atoms with E-state index < -0.39 is 11.9 Å². The number of esters is 1. The maximum absolute atomic E-state index is 12.9. The second-order valence-electron chi connectivity index (χ2n) is 7.90. The summed E-state index contributed by atoms with van der Waals surface area (Å²) >= 11 is 1.23. The van der Waals surface area contributed by atoms with E-state index in [4.69, 9.17) is 4.74 Å². The third kappa shape index (κ3) is 5.77. The van der Waals surface area contributed by atoms with Gasteiger partial charge in [-0.2, -0.15) is 5.26 Å². The molecule has 174 valence electrons. The van der Waals surface area contributed by atoms with Crippen LogP contribution >= 0.6 is 11.8 Å². The van der Waals surface area contributed by atoms with Crippen molar-refractivity contribution in [2.24, 2.45) is 0 Å². The van der Waals surface area contributed by atoms with Gasteiger partial charge in [-0.05, 0) is 38.0 Å². The van der Waals surface area contributed by atoms with Crippen molar-refractivity contribution in [1.29, 1.82) is 5.26 Å². The number of nitrogens with one attached hydrogen (secondary N) is 2. The van der Waals surface area contributed by atoms with Crippen LogP contribution in [0.2, 0.25) is 0 Å². The first-order chi connectivity index (χ1) is 16.3. The number of hydrogen-bond acceptors (Lipinski definition) is 6. The molecule has 1 unspecified atom stereocenters. The minimum Gasteiger partial charge on any atom is -0.458 e. The molecule has 0 saturated carbocycles. The van der Waals surface area contributed by atoms with Gasteiger partial charge in [0.25, 0.3) is 0 Å². The van der Waals surface area contributed by atoms with Crippen molar-refractivity contribution < 1.29 is 14.3 Å². The van der Waals surface area contributed by atoms with Crippen LogP contribution in [0.3, 0.4) is 0 Å². The monoisotopic (exact) mass is 473 g/mol. The van der Waals surface area contributed by atoms with Crippen LogP contribution in [0.4, 0.5) is 5.69 Å². The Balaban J connectivity index is 1.90. The third-order valence-electron chi connectivity index (χ3n) is 5.38. The Bertz CT molecular complexity index is 1210. The normalized spacial score (nSPS) is 15.3. The predicted molar refractivity (Wildman–Crippen MR) is 136 cm³/mol. The van der Waals surface area contributed by atoms with Crippen LogP contribution in [0.5, 0.6) is 0 Å². The van der Waals surface area contributed by atoms with Crippen LogP contribution in [0.15, 0.2) is 83.1 Å². The Labute approximate surface area is 204 Å². The zero-order valence-electron chi connectivity index (χ0n) is 19.5. The molecular formula is C27H27N3O3S. The number of para-hydroxylation sites is 1. The quantitative estimate of drug-likeness (QED) is 0.409. The minimum absolute atomic E-state index is 0.0719. The van der Waals surface area contributed by atoms with Gasteiger partial charge in [-0.3, -0.25) is 4.79 Å². The van der Waals surface area contributed by atoms with Crippen molar-refractivity contribution in [3.8, 4) is 6.07 Å². The van der Waals surface area contributed by atoms with Crippen LogP contribution in [-0.4, -0.2) is 24.2 Å². The predicted octanol–water partition coefficient (Wildman–Crippen LogP) is 5.10. The number of thioether (sulfide) groups is 1. The van der Waals surface area contributed by atoms with Gasteiger partial charge < -0.3 is 15.4 Å². The van der Waals surface area contributed by atoms with Gasteiger partial charge in [0, 0.05) is 11.4 Å². The standard InChI is InChI=1S/C27H27N3O3S/c1-5-14-33-27(32)24-19(4)29-26(21(15-28)25(24)20-12-10-17(2)11-13-20)34-16-23(31)30-22-9-7-6-8-18(22)3/h5-13,25,29H,1,14,16H2,2-4H3,(H,30,31). The van der Waals surface area contributed by atoms with E-state index in [-0.39, 0.29) is 18.3 Å². The number of rotatable bonds is 8. The first-order valence-corrected chi connectivity index (χ1v) is 11.8. The molecule has 2 N–H and O–H groups in total. The fraction of sp³-hybridized carbons (Fsp3) is 0.222. The second-order valence-corrected chi connectivity index (χ2v) is 8.89.